The van der Waals surface area contributed by atoms with E-state index in [-0.39, 0.29) is 6.54 Å². The smallest absolute Gasteiger partial charge is 0.390 e. The first kappa shape index (κ1) is 19.1. The van der Waals surface area contributed by atoms with Crippen LogP contribution in [0.15, 0.2) is 63.9 Å². The number of rotatable bonds is 8. The molecule has 0 bridgehead atoms. The molecule has 1 N–H and O–H groups in total. The topological polar surface area (TPSA) is 71.5 Å². The average molecular weight is 367 g/mol. The molecule has 1 atom stereocenters. The summed E-state index contributed by atoms with van der Waals surface area (Å²) in [4.78, 5) is 14.2. The summed E-state index contributed by atoms with van der Waals surface area (Å²) in [6.45, 7) is 6.29. The molecule has 27 heavy (non-hydrogen) atoms. The summed E-state index contributed by atoms with van der Waals surface area (Å²) in [5.41, 5.74) is 3.24. The van der Waals surface area contributed by atoms with Crippen LogP contribution in [-0.4, -0.2) is 38.9 Å². The van der Waals surface area contributed by atoms with Crippen LogP contribution in [0.3, 0.4) is 0 Å². The Morgan fingerprint density at radius 2 is 1.85 bits per heavy atom. The lowest BCUT2D eigenvalue weighted by molar-refractivity contribution is 0.0956. The lowest BCUT2D eigenvalue weighted by Gasteiger charge is -2.24. The predicted molar refractivity (Wildman–Crippen MR) is 104 cm³/mol. The van der Waals surface area contributed by atoms with Crippen molar-refractivity contribution >= 4 is 0 Å². The van der Waals surface area contributed by atoms with Crippen molar-refractivity contribution in [3.63, 3.8) is 0 Å². The van der Waals surface area contributed by atoms with Crippen LogP contribution in [0, 0.1) is 6.92 Å². The fourth-order valence-electron chi connectivity index (χ4n) is 3.12. The second-order valence-corrected chi connectivity index (χ2v) is 6.66. The van der Waals surface area contributed by atoms with E-state index in [9.17, 15) is 9.90 Å². The monoisotopic (exact) mass is 367 g/mol. The number of benzene rings is 2. The van der Waals surface area contributed by atoms with E-state index in [0.717, 1.165) is 18.7 Å². The molecule has 0 saturated carbocycles. The van der Waals surface area contributed by atoms with Crippen molar-refractivity contribution in [3.8, 4) is 11.4 Å². The Morgan fingerprint density at radius 3 is 2.56 bits per heavy atom. The molecular formula is C21H25N3O3. The van der Waals surface area contributed by atoms with Crippen molar-refractivity contribution in [1.82, 2.24) is 14.6 Å². The van der Waals surface area contributed by atoms with Gasteiger partial charge in [0, 0.05) is 18.7 Å². The number of aryl methyl sites for hydroxylation is 1. The van der Waals surface area contributed by atoms with Crippen molar-refractivity contribution in [2.24, 2.45) is 0 Å². The summed E-state index contributed by atoms with van der Waals surface area (Å²) in [5, 5.41) is 14.5. The molecule has 0 spiro atoms. The highest BCUT2D eigenvalue weighted by Crippen LogP contribution is 2.16. The van der Waals surface area contributed by atoms with Gasteiger partial charge in [-0.05, 0) is 24.6 Å². The summed E-state index contributed by atoms with van der Waals surface area (Å²) >= 11 is 0. The zero-order valence-corrected chi connectivity index (χ0v) is 15.7. The minimum absolute atomic E-state index is 0.136. The van der Waals surface area contributed by atoms with Crippen molar-refractivity contribution < 1.29 is 9.63 Å². The van der Waals surface area contributed by atoms with Crippen LogP contribution >= 0.6 is 0 Å². The maximum Gasteiger partial charge on any atom is 0.441 e. The van der Waals surface area contributed by atoms with E-state index in [1.807, 2.05) is 42.5 Å². The largest absolute Gasteiger partial charge is 0.441 e. The Bertz CT molecular complexity index is 918. The van der Waals surface area contributed by atoms with E-state index in [4.69, 9.17) is 4.52 Å². The molecule has 0 amide bonds. The number of aromatic nitrogens is 2. The number of aliphatic hydroxyl groups excluding tert-OH is 1. The van der Waals surface area contributed by atoms with Gasteiger partial charge in [0.2, 0.25) is 0 Å². The van der Waals surface area contributed by atoms with E-state index in [0.29, 0.717) is 12.4 Å². The predicted octanol–water partition coefficient (Wildman–Crippen LogP) is 2.69. The fourth-order valence-corrected chi connectivity index (χ4v) is 3.12. The van der Waals surface area contributed by atoms with E-state index < -0.39 is 11.9 Å². The first-order valence-electron chi connectivity index (χ1n) is 9.15. The van der Waals surface area contributed by atoms with Gasteiger partial charge in [0.05, 0.1) is 12.6 Å². The first-order valence-corrected chi connectivity index (χ1v) is 9.15. The number of likely N-dealkylation sites (N-methyl/N-ethyl adjacent to an activating group) is 1. The third-order valence-electron chi connectivity index (χ3n) is 4.68. The fraction of sp³-hybridized carbons (Fsp3) is 0.333. The summed E-state index contributed by atoms with van der Waals surface area (Å²) in [5.74, 6) is -0.128. The standard InChI is InChI=1S/C21H25N3O3/c1-3-23(13-18-12-8-7-9-16(18)2)14-19(25)15-24-20(22-27-21(24)26)17-10-5-4-6-11-17/h4-12,19,25H,3,13-15H2,1-2H3. The van der Waals surface area contributed by atoms with Gasteiger partial charge in [-0.2, -0.15) is 0 Å². The minimum atomic E-state index is -0.714. The van der Waals surface area contributed by atoms with Gasteiger partial charge in [-0.3, -0.25) is 14.0 Å². The molecule has 0 aliphatic carbocycles. The van der Waals surface area contributed by atoms with E-state index in [1.165, 1.54) is 15.7 Å². The van der Waals surface area contributed by atoms with Gasteiger partial charge in [-0.15, -0.1) is 0 Å². The highest BCUT2D eigenvalue weighted by molar-refractivity contribution is 5.54. The lowest BCUT2D eigenvalue weighted by atomic mass is 10.1. The van der Waals surface area contributed by atoms with Gasteiger partial charge in [-0.25, -0.2) is 4.79 Å². The Labute approximate surface area is 158 Å². The van der Waals surface area contributed by atoms with Gasteiger partial charge in [0.15, 0.2) is 5.82 Å². The number of nitrogens with zero attached hydrogens (tertiary/aromatic N) is 3. The van der Waals surface area contributed by atoms with Gasteiger partial charge >= 0.3 is 5.76 Å². The number of hydrogen-bond acceptors (Lipinski definition) is 5. The molecule has 1 aromatic heterocycles. The molecule has 0 aliphatic heterocycles. The van der Waals surface area contributed by atoms with Gasteiger partial charge in [-0.1, -0.05) is 66.7 Å². The van der Waals surface area contributed by atoms with Crippen LogP contribution in [0.4, 0.5) is 0 Å². The van der Waals surface area contributed by atoms with Gasteiger partial charge < -0.3 is 5.11 Å². The zero-order valence-electron chi connectivity index (χ0n) is 15.7. The minimum Gasteiger partial charge on any atom is -0.390 e. The van der Waals surface area contributed by atoms with Crippen LogP contribution in [-0.2, 0) is 13.1 Å². The maximum absolute atomic E-state index is 12.0. The van der Waals surface area contributed by atoms with Crippen LogP contribution < -0.4 is 5.76 Å². The number of hydrogen-bond donors (Lipinski definition) is 1. The van der Waals surface area contributed by atoms with E-state index in [2.05, 4.69) is 36.0 Å². The molecule has 3 rings (SSSR count). The van der Waals surface area contributed by atoms with Crippen LogP contribution in [0.25, 0.3) is 11.4 Å². The first-order chi connectivity index (χ1) is 13.1. The highest BCUT2D eigenvalue weighted by atomic mass is 16.5. The third kappa shape index (κ3) is 4.72. The van der Waals surface area contributed by atoms with Crippen molar-refractivity contribution in [2.75, 3.05) is 13.1 Å². The second-order valence-electron chi connectivity index (χ2n) is 6.66. The van der Waals surface area contributed by atoms with Gasteiger partial charge in [0.25, 0.3) is 0 Å². The summed E-state index contributed by atoms with van der Waals surface area (Å²) < 4.78 is 6.22. The summed E-state index contributed by atoms with van der Waals surface area (Å²) in [7, 11) is 0. The number of aliphatic hydroxyl groups is 1. The Hall–Kier alpha value is -2.70. The molecule has 0 fully saturated rings. The van der Waals surface area contributed by atoms with E-state index in [1.54, 1.807) is 0 Å². The molecule has 2 aromatic carbocycles. The lowest BCUT2D eigenvalue weighted by Crippen LogP contribution is -2.36. The molecular weight excluding hydrogens is 342 g/mol. The molecule has 6 nitrogen and oxygen atoms in total. The molecule has 6 heteroatoms. The molecule has 0 saturated heterocycles. The quantitative estimate of drug-likeness (QED) is 0.663. The maximum atomic E-state index is 12.0. The Morgan fingerprint density at radius 1 is 1.15 bits per heavy atom. The Kier molecular flexibility index (Phi) is 6.21. The highest BCUT2D eigenvalue weighted by Gasteiger charge is 2.18. The molecule has 0 radical (unpaired) electrons. The van der Waals surface area contributed by atoms with Crippen LogP contribution in [0.1, 0.15) is 18.1 Å². The van der Waals surface area contributed by atoms with Crippen LogP contribution in [0.5, 0.6) is 0 Å². The molecule has 3 aromatic rings. The molecule has 0 aliphatic rings. The normalized spacial score (nSPS) is 12.4. The second kappa shape index (κ2) is 8.79. The van der Waals surface area contributed by atoms with Crippen LogP contribution in [0.2, 0.25) is 0 Å². The van der Waals surface area contributed by atoms with Gasteiger partial charge in [0.1, 0.15) is 0 Å². The Balaban J connectivity index is 1.70. The molecule has 142 valence electrons. The average Bonchev–Trinajstić information content (AvgIpc) is 3.04. The molecule has 1 unspecified atom stereocenters. The third-order valence-corrected chi connectivity index (χ3v) is 4.68. The van der Waals surface area contributed by atoms with E-state index >= 15 is 0 Å². The van der Waals surface area contributed by atoms with Crippen molar-refractivity contribution in [1.29, 1.82) is 0 Å². The van der Waals surface area contributed by atoms with Crippen molar-refractivity contribution in [3.05, 3.63) is 76.3 Å². The molecule has 1 heterocycles. The SMILES string of the molecule is CCN(Cc1ccccc1C)CC(O)Cn1c(-c2ccccc2)noc1=O. The van der Waals surface area contributed by atoms with Crippen molar-refractivity contribution in [2.45, 2.75) is 33.0 Å². The summed E-state index contributed by atoms with van der Waals surface area (Å²) in [6.07, 6.45) is -0.714. The zero-order chi connectivity index (χ0) is 19.2. The summed E-state index contributed by atoms with van der Waals surface area (Å²) in [6, 6.07) is 17.6.